The van der Waals surface area contributed by atoms with Gasteiger partial charge in [0.2, 0.25) is 5.75 Å². The van der Waals surface area contributed by atoms with E-state index < -0.39 is 5.41 Å². The Morgan fingerprint density at radius 3 is 2.38 bits per heavy atom. The SMILES string of the molecule is C=CC1=CC[C@H]2C(=O)C(C)=CC(=O)[C@@]2(C)[C@H]1C=Cc1cc(OC)c(O)c(OC)c1. The van der Waals surface area contributed by atoms with Gasteiger partial charge in [-0.3, -0.25) is 9.59 Å². The lowest BCUT2D eigenvalue weighted by Gasteiger charge is -2.45. The maximum Gasteiger partial charge on any atom is 0.200 e. The van der Waals surface area contributed by atoms with Gasteiger partial charge < -0.3 is 14.6 Å². The molecule has 2 aliphatic carbocycles. The van der Waals surface area contributed by atoms with Crippen molar-refractivity contribution in [3.8, 4) is 17.2 Å². The van der Waals surface area contributed by atoms with E-state index in [1.807, 2.05) is 25.2 Å². The number of carbonyl (C=O) groups excluding carboxylic acids is 2. The standard InChI is InChI=1S/C24H26O5/c1-6-16-8-10-18-22(26)14(2)11-21(25)24(18,3)17(16)9-7-15-12-19(28-4)23(27)20(13-15)29-5/h6-9,11-13,17-18,27H,1,10H2,2-5H3/t17-,18-,24-/m0/s1. The minimum absolute atomic E-state index is 0.0258. The first-order valence-corrected chi connectivity index (χ1v) is 9.50. The molecule has 1 N–H and O–H groups in total. The Kier molecular flexibility index (Phi) is 5.51. The van der Waals surface area contributed by atoms with Gasteiger partial charge in [0.25, 0.3) is 0 Å². The number of rotatable bonds is 5. The number of phenols is 1. The topological polar surface area (TPSA) is 72.8 Å². The highest BCUT2D eigenvalue weighted by Crippen LogP contribution is 2.51. The molecule has 5 heteroatoms. The number of carbonyl (C=O) groups is 2. The average molecular weight is 394 g/mol. The molecule has 0 aliphatic heterocycles. The molecule has 0 saturated heterocycles. The molecule has 1 aromatic carbocycles. The molecule has 0 amide bonds. The van der Waals surface area contributed by atoms with Gasteiger partial charge >= 0.3 is 0 Å². The lowest BCUT2D eigenvalue weighted by Crippen LogP contribution is -2.49. The van der Waals surface area contributed by atoms with E-state index in [9.17, 15) is 14.7 Å². The van der Waals surface area contributed by atoms with Crippen molar-refractivity contribution in [2.24, 2.45) is 17.3 Å². The fourth-order valence-electron chi connectivity index (χ4n) is 4.33. The molecule has 0 saturated carbocycles. The second-order valence-electron chi connectivity index (χ2n) is 7.65. The van der Waals surface area contributed by atoms with Crippen molar-refractivity contribution < 1.29 is 24.2 Å². The summed E-state index contributed by atoms with van der Waals surface area (Å²) in [4.78, 5) is 25.8. The van der Waals surface area contributed by atoms with Crippen molar-refractivity contribution in [3.63, 3.8) is 0 Å². The third-order valence-electron chi connectivity index (χ3n) is 6.12. The summed E-state index contributed by atoms with van der Waals surface area (Å²) in [5, 5.41) is 10.1. The molecule has 0 unspecified atom stereocenters. The number of allylic oxidation sites excluding steroid dienone is 6. The van der Waals surface area contributed by atoms with Crippen molar-refractivity contribution in [2.45, 2.75) is 20.3 Å². The molecular weight excluding hydrogens is 368 g/mol. The average Bonchev–Trinajstić information content (AvgIpc) is 2.71. The number of benzene rings is 1. The fourth-order valence-corrected chi connectivity index (χ4v) is 4.33. The number of Topliss-reactive ketones (excluding diaryl/α,β-unsaturated/α-hetero) is 1. The summed E-state index contributed by atoms with van der Waals surface area (Å²) in [5.41, 5.74) is 1.32. The molecule has 29 heavy (non-hydrogen) atoms. The molecule has 0 heterocycles. The normalized spacial score (nSPS) is 26.6. The molecule has 152 valence electrons. The molecule has 5 nitrogen and oxygen atoms in total. The maximum atomic E-state index is 13.0. The second-order valence-corrected chi connectivity index (χ2v) is 7.65. The van der Waals surface area contributed by atoms with Gasteiger partial charge in [0, 0.05) is 11.8 Å². The smallest absolute Gasteiger partial charge is 0.200 e. The van der Waals surface area contributed by atoms with Gasteiger partial charge in [-0.05, 0) is 48.3 Å². The highest BCUT2D eigenvalue weighted by Gasteiger charge is 2.53. The van der Waals surface area contributed by atoms with Crippen molar-refractivity contribution in [3.05, 3.63) is 59.7 Å². The van der Waals surface area contributed by atoms with Crippen LogP contribution in [0.15, 0.2) is 54.2 Å². The van der Waals surface area contributed by atoms with E-state index in [-0.39, 0.29) is 29.2 Å². The van der Waals surface area contributed by atoms with Crippen LogP contribution in [-0.4, -0.2) is 30.9 Å². The van der Waals surface area contributed by atoms with Crippen LogP contribution < -0.4 is 9.47 Å². The Morgan fingerprint density at radius 1 is 1.21 bits per heavy atom. The van der Waals surface area contributed by atoms with Gasteiger partial charge in [-0.15, -0.1) is 0 Å². The summed E-state index contributed by atoms with van der Waals surface area (Å²) >= 11 is 0. The Bertz CT molecular complexity index is 940. The minimum atomic E-state index is -0.865. The molecule has 0 spiro atoms. The van der Waals surface area contributed by atoms with E-state index in [1.165, 1.54) is 20.3 Å². The summed E-state index contributed by atoms with van der Waals surface area (Å²) < 4.78 is 10.4. The van der Waals surface area contributed by atoms with Crippen LogP contribution in [0.1, 0.15) is 25.8 Å². The van der Waals surface area contributed by atoms with Crippen LogP contribution in [0.3, 0.4) is 0 Å². The monoisotopic (exact) mass is 394 g/mol. The lowest BCUT2D eigenvalue weighted by molar-refractivity contribution is -0.138. The van der Waals surface area contributed by atoms with Gasteiger partial charge in [-0.25, -0.2) is 0 Å². The first-order chi connectivity index (χ1) is 13.8. The zero-order valence-electron chi connectivity index (χ0n) is 17.2. The third-order valence-corrected chi connectivity index (χ3v) is 6.12. The molecule has 0 radical (unpaired) electrons. The van der Waals surface area contributed by atoms with E-state index in [0.29, 0.717) is 23.5 Å². The molecule has 3 rings (SSSR count). The van der Waals surface area contributed by atoms with Crippen LogP contribution in [0.4, 0.5) is 0 Å². The van der Waals surface area contributed by atoms with Crippen molar-refractivity contribution in [2.75, 3.05) is 14.2 Å². The highest BCUT2D eigenvalue weighted by atomic mass is 16.5. The number of fused-ring (bicyclic) bond motifs is 1. The first kappa shape index (κ1) is 20.6. The Labute approximate surface area is 171 Å². The van der Waals surface area contributed by atoms with Crippen LogP contribution in [-0.2, 0) is 9.59 Å². The van der Waals surface area contributed by atoms with E-state index >= 15 is 0 Å². The quantitative estimate of drug-likeness (QED) is 0.807. The van der Waals surface area contributed by atoms with Crippen LogP contribution in [0.5, 0.6) is 17.2 Å². The van der Waals surface area contributed by atoms with Crippen LogP contribution >= 0.6 is 0 Å². The number of ketones is 2. The Hall–Kier alpha value is -3.08. The third kappa shape index (κ3) is 3.31. The largest absolute Gasteiger partial charge is 0.502 e. The van der Waals surface area contributed by atoms with Gasteiger partial charge in [0.15, 0.2) is 23.1 Å². The van der Waals surface area contributed by atoms with Crippen molar-refractivity contribution in [1.29, 1.82) is 0 Å². The van der Waals surface area contributed by atoms with E-state index in [1.54, 1.807) is 25.1 Å². The molecule has 3 atom stereocenters. The lowest BCUT2D eigenvalue weighted by atomic mass is 9.55. The van der Waals surface area contributed by atoms with E-state index in [2.05, 4.69) is 6.58 Å². The summed E-state index contributed by atoms with van der Waals surface area (Å²) in [7, 11) is 2.93. The predicted octanol–water partition coefficient (Wildman–Crippen LogP) is 4.28. The zero-order chi connectivity index (χ0) is 21.3. The molecule has 0 fully saturated rings. The van der Waals surface area contributed by atoms with E-state index in [0.717, 1.165) is 11.1 Å². The van der Waals surface area contributed by atoms with Gasteiger partial charge in [0.05, 0.1) is 19.6 Å². The van der Waals surface area contributed by atoms with Crippen LogP contribution in [0.2, 0.25) is 0 Å². The number of aromatic hydroxyl groups is 1. The number of methoxy groups -OCH3 is 2. The Balaban J connectivity index is 2.07. The Morgan fingerprint density at radius 2 is 1.83 bits per heavy atom. The summed E-state index contributed by atoms with van der Waals surface area (Å²) in [6, 6.07) is 3.37. The van der Waals surface area contributed by atoms with Crippen molar-refractivity contribution in [1.82, 2.24) is 0 Å². The fraction of sp³-hybridized carbons (Fsp3) is 0.333. The number of hydrogen-bond donors (Lipinski definition) is 1. The van der Waals surface area contributed by atoms with Crippen LogP contribution in [0, 0.1) is 17.3 Å². The summed E-state index contributed by atoms with van der Waals surface area (Å²) in [6.45, 7) is 7.46. The second kappa shape index (κ2) is 7.74. The molecule has 0 bridgehead atoms. The number of hydrogen-bond acceptors (Lipinski definition) is 5. The van der Waals surface area contributed by atoms with Gasteiger partial charge in [-0.2, -0.15) is 0 Å². The van der Waals surface area contributed by atoms with Crippen molar-refractivity contribution >= 4 is 17.6 Å². The predicted molar refractivity (Wildman–Crippen MR) is 112 cm³/mol. The number of ether oxygens (including phenoxy) is 2. The summed E-state index contributed by atoms with van der Waals surface area (Å²) in [5.74, 6) is -0.192. The molecule has 1 aromatic rings. The van der Waals surface area contributed by atoms with Crippen LogP contribution in [0.25, 0.3) is 6.08 Å². The van der Waals surface area contributed by atoms with E-state index in [4.69, 9.17) is 9.47 Å². The highest BCUT2D eigenvalue weighted by molar-refractivity contribution is 6.12. The van der Waals surface area contributed by atoms with Gasteiger partial charge in [0.1, 0.15) is 0 Å². The molecular formula is C24H26O5. The molecule has 2 aliphatic rings. The first-order valence-electron chi connectivity index (χ1n) is 9.50. The number of phenolic OH excluding ortho intramolecular Hbond substituents is 1. The molecule has 0 aromatic heterocycles. The zero-order valence-corrected chi connectivity index (χ0v) is 17.2. The maximum absolute atomic E-state index is 13.0. The minimum Gasteiger partial charge on any atom is -0.502 e. The van der Waals surface area contributed by atoms with Gasteiger partial charge in [-0.1, -0.05) is 37.8 Å². The summed E-state index contributed by atoms with van der Waals surface area (Å²) in [6.07, 6.45) is 9.51.